The number of allylic oxidation sites excluding steroid dienone is 3. The number of hydrogen-bond acceptors (Lipinski definition) is 2. The third-order valence-corrected chi connectivity index (χ3v) is 4.48. The Morgan fingerprint density at radius 1 is 1.45 bits per heavy atom. The second-order valence-electron chi connectivity index (χ2n) is 6.62. The molecular weight excluding hydrogens is 268 g/mol. The van der Waals surface area contributed by atoms with Crippen molar-refractivity contribution >= 4 is 0 Å². The highest BCUT2D eigenvalue weighted by Gasteiger charge is 2.22. The molecule has 0 radical (unpaired) electrons. The van der Waals surface area contributed by atoms with Gasteiger partial charge < -0.3 is 5.32 Å². The number of hydrogen-bond donors (Lipinski definition) is 1. The lowest BCUT2D eigenvalue weighted by molar-refractivity contribution is 0.482. The fourth-order valence-corrected chi connectivity index (χ4v) is 2.90. The maximum Gasteiger partial charge on any atom is 0.0412 e. The molecule has 1 aliphatic rings. The van der Waals surface area contributed by atoms with Gasteiger partial charge in [0.15, 0.2) is 0 Å². The minimum atomic E-state index is 0.653. The highest BCUT2D eigenvalue weighted by molar-refractivity contribution is 5.22. The number of nitrogens with one attached hydrogen (secondary N) is 1. The third kappa shape index (κ3) is 6.05. The summed E-state index contributed by atoms with van der Waals surface area (Å²) in [6.07, 6.45) is 14.1. The van der Waals surface area contributed by atoms with Crippen molar-refractivity contribution in [1.82, 2.24) is 10.3 Å². The predicted molar refractivity (Wildman–Crippen MR) is 94.3 cm³/mol. The van der Waals surface area contributed by atoms with E-state index in [1.165, 1.54) is 55.4 Å². The largest absolute Gasteiger partial charge is 0.384 e. The lowest BCUT2D eigenvalue weighted by Gasteiger charge is -2.18. The Balaban J connectivity index is 1.82. The van der Waals surface area contributed by atoms with Gasteiger partial charge in [0.1, 0.15) is 0 Å². The van der Waals surface area contributed by atoms with Gasteiger partial charge in [-0.3, -0.25) is 4.98 Å². The Morgan fingerprint density at radius 2 is 2.27 bits per heavy atom. The van der Waals surface area contributed by atoms with Gasteiger partial charge in [-0.25, -0.2) is 0 Å². The maximum atomic E-state index is 4.34. The van der Waals surface area contributed by atoms with Gasteiger partial charge in [-0.15, -0.1) is 0 Å². The lowest BCUT2D eigenvalue weighted by atomic mass is 9.89. The molecule has 1 aromatic rings. The molecule has 22 heavy (non-hydrogen) atoms. The van der Waals surface area contributed by atoms with E-state index in [-0.39, 0.29) is 0 Å². The van der Waals surface area contributed by atoms with Crippen molar-refractivity contribution in [3.63, 3.8) is 0 Å². The third-order valence-electron chi connectivity index (χ3n) is 4.48. The molecule has 0 amide bonds. The Kier molecular flexibility index (Phi) is 6.70. The maximum absolute atomic E-state index is 4.34. The van der Waals surface area contributed by atoms with Crippen LogP contribution in [0.4, 0.5) is 0 Å². The minimum absolute atomic E-state index is 0.653. The topological polar surface area (TPSA) is 24.9 Å². The Bertz CT molecular complexity index is 486. The first-order chi connectivity index (χ1) is 10.7. The monoisotopic (exact) mass is 298 g/mol. The summed E-state index contributed by atoms with van der Waals surface area (Å²) in [5, 5.41) is 3.46. The first-order valence-corrected chi connectivity index (χ1v) is 8.69. The second-order valence-corrected chi connectivity index (χ2v) is 6.62. The molecule has 2 rings (SSSR count). The molecule has 1 heterocycles. The van der Waals surface area contributed by atoms with E-state index >= 15 is 0 Å². The van der Waals surface area contributed by atoms with Crippen LogP contribution in [0.2, 0.25) is 0 Å². The molecule has 1 N–H and O–H groups in total. The van der Waals surface area contributed by atoms with Crippen LogP contribution in [0, 0.1) is 11.8 Å². The summed E-state index contributed by atoms with van der Waals surface area (Å²) >= 11 is 0. The molecule has 0 saturated heterocycles. The van der Waals surface area contributed by atoms with Crippen molar-refractivity contribution in [2.24, 2.45) is 11.8 Å². The molecule has 0 spiro atoms. The number of nitrogens with zero attached hydrogens (tertiary/aromatic N) is 1. The summed E-state index contributed by atoms with van der Waals surface area (Å²) in [6.45, 7) is 9.56. The SMILES string of the molecule is C=C(/C=C(\C)NCc1cccnc1)C(CCC)CCC1CC1. The fourth-order valence-electron chi connectivity index (χ4n) is 2.90. The molecule has 0 bridgehead atoms. The molecule has 1 saturated carbocycles. The molecule has 2 heteroatoms. The second kappa shape index (κ2) is 8.77. The minimum Gasteiger partial charge on any atom is -0.384 e. The number of aromatic nitrogens is 1. The van der Waals surface area contributed by atoms with Crippen LogP contribution in [-0.4, -0.2) is 4.98 Å². The first-order valence-electron chi connectivity index (χ1n) is 8.69. The fraction of sp³-hybridized carbons (Fsp3) is 0.550. The summed E-state index contributed by atoms with van der Waals surface area (Å²) in [5.74, 6) is 1.67. The molecule has 1 atom stereocenters. The van der Waals surface area contributed by atoms with Crippen LogP contribution in [-0.2, 0) is 6.54 Å². The van der Waals surface area contributed by atoms with Crippen molar-refractivity contribution in [3.05, 3.63) is 54.0 Å². The van der Waals surface area contributed by atoms with E-state index < -0.39 is 0 Å². The van der Waals surface area contributed by atoms with Gasteiger partial charge in [0.25, 0.3) is 0 Å². The van der Waals surface area contributed by atoms with Gasteiger partial charge in [0.2, 0.25) is 0 Å². The Labute approximate surface area is 135 Å². The zero-order valence-electron chi connectivity index (χ0n) is 14.1. The Morgan fingerprint density at radius 3 is 2.91 bits per heavy atom. The predicted octanol–water partition coefficient (Wildman–Crippen LogP) is 5.24. The molecule has 1 aromatic heterocycles. The van der Waals surface area contributed by atoms with Crippen molar-refractivity contribution in [2.75, 3.05) is 0 Å². The van der Waals surface area contributed by atoms with Gasteiger partial charge >= 0.3 is 0 Å². The smallest absolute Gasteiger partial charge is 0.0412 e. The van der Waals surface area contributed by atoms with Crippen LogP contribution in [0.3, 0.4) is 0 Å². The van der Waals surface area contributed by atoms with Gasteiger partial charge in [0.05, 0.1) is 0 Å². The van der Waals surface area contributed by atoms with Gasteiger partial charge in [0, 0.05) is 24.6 Å². The zero-order chi connectivity index (χ0) is 15.8. The summed E-state index contributed by atoms with van der Waals surface area (Å²) in [6, 6.07) is 4.07. The van der Waals surface area contributed by atoms with Crippen LogP contribution >= 0.6 is 0 Å². The molecule has 2 nitrogen and oxygen atoms in total. The quantitative estimate of drug-likeness (QED) is 0.598. The Hall–Kier alpha value is -1.57. The summed E-state index contributed by atoms with van der Waals surface area (Å²) < 4.78 is 0. The van der Waals surface area contributed by atoms with Crippen LogP contribution in [0.25, 0.3) is 0 Å². The highest BCUT2D eigenvalue weighted by atomic mass is 14.9. The van der Waals surface area contributed by atoms with E-state index in [0.29, 0.717) is 5.92 Å². The molecule has 120 valence electrons. The van der Waals surface area contributed by atoms with E-state index in [9.17, 15) is 0 Å². The highest BCUT2D eigenvalue weighted by Crippen LogP contribution is 2.36. The number of rotatable bonds is 10. The van der Waals surface area contributed by atoms with E-state index in [2.05, 4.69) is 42.9 Å². The average Bonchev–Trinajstić information content (AvgIpc) is 3.34. The van der Waals surface area contributed by atoms with Crippen LogP contribution in [0.5, 0.6) is 0 Å². The standard InChI is InChI=1S/C20H30N2/c1-4-6-20(11-10-18-8-9-18)16(2)13-17(3)22-15-19-7-5-12-21-14-19/h5,7,12-14,18,20,22H,2,4,6,8-11,15H2,1,3H3/b17-13+. The van der Waals surface area contributed by atoms with E-state index in [1.807, 2.05) is 18.5 Å². The number of pyridine rings is 1. The van der Waals surface area contributed by atoms with E-state index in [0.717, 1.165) is 12.5 Å². The van der Waals surface area contributed by atoms with Crippen LogP contribution in [0.1, 0.15) is 57.9 Å². The lowest BCUT2D eigenvalue weighted by Crippen LogP contribution is -2.12. The van der Waals surface area contributed by atoms with E-state index in [4.69, 9.17) is 0 Å². The normalized spacial score (nSPS) is 16.4. The van der Waals surface area contributed by atoms with Crippen molar-refractivity contribution < 1.29 is 0 Å². The molecule has 1 unspecified atom stereocenters. The van der Waals surface area contributed by atoms with Crippen LogP contribution < -0.4 is 5.32 Å². The molecule has 1 aliphatic carbocycles. The van der Waals surface area contributed by atoms with Gasteiger partial charge in [-0.2, -0.15) is 0 Å². The summed E-state index contributed by atoms with van der Waals surface area (Å²) in [4.78, 5) is 4.15. The molecule has 1 fully saturated rings. The first kappa shape index (κ1) is 16.8. The summed E-state index contributed by atoms with van der Waals surface area (Å²) in [7, 11) is 0. The van der Waals surface area contributed by atoms with Crippen molar-refractivity contribution in [2.45, 2.75) is 58.9 Å². The van der Waals surface area contributed by atoms with E-state index in [1.54, 1.807) is 0 Å². The van der Waals surface area contributed by atoms with Crippen molar-refractivity contribution in [3.8, 4) is 0 Å². The van der Waals surface area contributed by atoms with Crippen LogP contribution in [0.15, 0.2) is 48.5 Å². The van der Waals surface area contributed by atoms with Gasteiger partial charge in [-0.05, 0) is 55.7 Å². The average molecular weight is 298 g/mol. The molecular formula is C20H30N2. The van der Waals surface area contributed by atoms with Crippen molar-refractivity contribution in [1.29, 1.82) is 0 Å². The zero-order valence-corrected chi connectivity index (χ0v) is 14.1. The van der Waals surface area contributed by atoms with Gasteiger partial charge in [-0.1, -0.05) is 44.4 Å². The molecule has 0 aliphatic heterocycles. The molecule has 0 aromatic carbocycles. The summed E-state index contributed by atoms with van der Waals surface area (Å²) in [5.41, 5.74) is 3.69.